The van der Waals surface area contributed by atoms with Crippen molar-refractivity contribution in [3.8, 4) is 0 Å². The third-order valence-electron chi connectivity index (χ3n) is 4.03. The van der Waals surface area contributed by atoms with Gasteiger partial charge < -0.3 is 14.8 Å². The van der Waals surface area contributed by atoms with Crippen molar-refractivity contribution < 1.29 is 23.9 Å². The molecular formula is C19H26N2O5. The van der Waals surface area contributed by atoms with E-state index in [1.807, 2.05) is 0 Å². The Balaban J connectivity index is 1.92. The summed E-state index contributed by atoms with van der Waals surface area (Å²) in [6.07, 6.45) is 0.926. The lowest BCUT2D eigenvalue weighted by Gasteiger charge is -2.28. The van der Waals surface area contributed by atoms with Gasteiger partial charge in [0.05, 0.1) is 12.7 Å². The Morgan fingerprint density at radius 2 is 1.85 bits per heavy atom. The fourth-order valence-corrected chi connectivity index (χ4v) is 2.76. The van der Waals surface area contributed by atoms with Crippen LogP contribution < -0.4 is 5.32 Å². The fourth-order valence-electron chi connectivity index (χ4n) is 2.76. The van der Waals surface area contributed by atoms with Gasteiger partial charge >= 0.3 is 12.1 Å². The molecule has 0 saturated carbocycles. The number of hydrogen-bond acceptors (Lipinski definition) is 5. The van der Waals surface area contributed by atoms with E-state index in [4.69, 9.17) is 4.74 Å². The van der Waals surface area contributed by atoms with Gasteiger partial charge in [-0.15, -0.1) is 0 Å². The molecule has 0 radical (unpaired) electrons. The van der Waals surface area contributed by atoms with E-state index in [2.05, 4.69) is 10.1 Å². The standard InChI is InChI=1S/C19H26N2O5/c1-19(2,3)26-18(24)21-11-5-6-15(21)16(22)20-12-13-7-9-14(10-8-13)17(23)25-4/h7-10,15H,5-6,11-12H2,1-4H3,(H,20,22)/t15-/m1/s1. The normalized spacial score (nSPS) is 16.9. The first-order chi connectivity index (χ1) is 12.2. The highest BCUT2D eigenvalue weighted by Gasteiger charge is 2.36. The van der Waals surface area contributed by atoms with Gasteiger partial charge in [0.1, 0.15) is 11.6 Å². The second-order valence-electron chi connectivity index (χ2n) is 7.24. The van der Waals surface area contributed by atoms with E-state index < -0.39 is 23.7 Å². The van der Waals surface area contributed by atoms with Gasteiger partial charge in [0.25, 0.3) is 0 Å². The van der Waals surface area contributed by atoms with Gasteiger partial charge in [-0.25, -0.2) is 9.59 Å². The number of nitrogens with one attached hydrogen (secondary N) is 1. The number of carbonyl (C=O) groups is 3. The van der Waals surface area contributed by atoms with Crippen molar-refractivity contribution in [3.63, 3.8) is 0 Å². The smallest absolute Gasteiger partial charge is 0.410 e. The summed E-state index contributed by atoms with van der Waals surface area (Å²) in [6.45, 7) is 6.23. The number of carbonyl (C=O) groups excluding carboxylic acids is 3. The average Bonchev–Trinajstić information content (AvgIpc) is 3.08. The topological polar surface area (TPSA) is 84.9 Å². The van der Waals surface area contributed by atoms with E-state index in [0.717, 1.165) is 12.0 Å². The second-order valence-corrected chi connectivity index (χ2v) is 7.24. The molecule has 7 nitrogen and oxygen atoms in total. The van der Waals surface area contributed by atoms with Crippen LogP contribution in [-0.4, -0.2) is 48.2 Å². The molecule has 1 fully saturated rings. The van der Waals surface area contributed by atoms with Crippen molar-refractivity contribution in [2.45, 2.75) is 51.8 Å². The van der Waals surface area contributed by atoms with Crippen LogP contribution in [0.1, 0.15) is 49.5 Å². The van der Waals surface area contributed by atoms with Crippen molar-refractivity contribution in [2.75, 3.05) is 13.7 Å². The van der Waals surface area contributed by atoms with Gasteiger partial charge in [-0.05, 0) is 51.3 Å². The number of nitrogens with zero attached hydrogens (tertiary/aromatic N) is 1. The van der Waals surface area contributed by atoms with Crippen LogP contribution in [-0.2, 0) is 20.8 Å². The monoisotopic (exact) mass is 362 g/mol. The highest BCUT2D eigenvalue weighted by molar-refractivity contribution is 5.89. The Morgan fingerprint density at radius 1 is 1.19 bits per heavy atom. The molecule has 1 aromatic carbocycles. The predicted octanol–water partition coefficient (Wildman–Crippen LogP) is 2.49. The number of hydrogen-bond donors (Lipinski definition) is 1. The van der Waals surface area contributed by atoms with Crippen LogP contribution in [0.15, 0.2) is 24.3 Å². The fraction of sp³-hybridized carbons (Fsp3) is 0.526. The molecule has 0 unspecified atom stereocenters. The highest BCUT2D eigenvalue weighted by atomic mass is 16.6. The Morgan fingerprint density at radius 3 is 2.42 bits per heavy atom. The lowest BCUT2D eigenvalue weighted by atomic mass is 10.1. The lowest BCUT2D eigenvalue weighted by Crippen LogP contribution is -2.47. The number of rotatable bonds is 4. The maximum Gasteiger partial charge on any atom is 0.410 e. The van der Waals surface area contributed by atoms with Gasteiger partial charge in [0.2, 0.25) is 5.91 Å². The molecule has 1 N–H and O–H groups in total. The van der Waals surface area contributed by atoms with Gasteiger partial charge in [-0.3, -0.25) is 9.69 Å². The molecule has 0 aliphatic carbocycles. The molecule has 2 amide bonds. The highest BCUT2D eigenvalue weighted by Crippen LogP contribution is 2.21. The summed E-state index contributed by atoms with van der Waals surface area (Å²) in [7, 11) is 1.33. The van der Waals surface area contributed by atoms with Crippen LogP contribution in [0.25, 0.3) is 0 Å². The second kappa shape index (κ2) is 8.21. The molecule has 1 atom stereocenters. The predicted molar refractivity (Wildman–Crippen MR) is 95.6 cm³/mol. The van der Waals surface area contributed by atoms with Gasteiger partial charge in [0.15, 0.2) is 0 Å². The van der Waals surface area contributed by atoms with Gasteiger partial charge in [-0.2, -0.15) is 0 Å². The van der Waals surface area contributed by atoms with Gasteiger partial charge in [0, 0.05) is 13.1 Å². The minimum absolute atomic E-state index is 0.203. The minimum Gasteiger partial charge on any atom is -0.465 e. The SMILES string of the molecule is COC(=O)c1ccc(CNC(=O)[C@H]2CCCN2C(=O)OC(C)(C)C)cc1. The van der Waals surface area contributed by atoms with E-state index in [-0.39, 0.29) is 5.91 Å². The molecule has 2 rings (SSSR count). The summed E-state index contributed by atoms with van der Waals surface area (Å²) in [4.78, 5) is 37.7. The van der Waals surface area contributed by atoms with Crippen LogP contribution in [0.3, 0.4) is 0 Å². The van der Waals surface area contributed by atoms with Crippen LogP contribution in [0.5, 0.6) is 0 Å². The molecule has 1 aliphatic heterocycles. The minimum atomic E-state index is -0.595. The molecule has 1 heterocycles. The van der Waals surface area contributed by atoms with Crippen molar-refractivity contribution in [1.82, 2.24) is 10.2 Å². The Kier molecular flexibility index (Phi) is 6.23. The van der Waals surface area contributed by atoms with Crippen molar-refractivity contribution in [2.24, 2.45) is 0 Å². The zero-order valence-corrected chi connectivity index (χ0v) is 15.7. The maximum atomic E-state index is 12.5. The van der Waals surface area contributed by atoms with Crippen molar-refractivity contribution in [3.05, 3.63) is 35.4 Å². The summed E-state index contributed by atoms with van der Waals surface area (Å²) < 4.78 is 10.0. The first-order valence-electron chi connectivity index (χ1n) is 8.66. The largest absolute Gasteiger partial charge is 0.465 e. The summed E-state index contributed by atoms with van der Waals surface area (Å²) in [5.41, 5.74) is 0.713. The molecule has 0 bridgehead atoms. The molecule has 1 aromatic rings. The number of benzene rings is 1. The number of methoxy groups -OCH3 is 1. The number of likely N-dealkylation sites (tertiary alicyclic amines) is 1. The zero-order valence-electron chi connectivity index (χ0n) is 15.7. The number of ether oxygens (including phenoxy) is 2. The Bertz CT molecular complexity index is 664. The summed E-state index contributed by atoms with van der Waals surface area (Å²) in [5.74, 6) is -0.607. The quantitative estimate of drug-likeness (QED) is 0.832. The van der Waals surface area contributed by atoms with Crippen LogP contribution in [0.4, 0.5) is 4.79 Å². The molecule has 0 spiro atoms. The molecule has 1 saturated heterocycles. The van der Waals surface area contributed by atoms with E-state index >= 15 is 0 Å². The van der Waals surface area contributed by atoms with Crippen LogP contribution in [0, 0.1) is 0 Å². The average molecular weight is 362 g/mol. The van der Waals surface area contributed by atoms with Crippen LogP contribution in [0.2, 0.25) is 0 Å². The van der Waals surface area contributed by atoms with E-state index in [1.165, 1.54) is 12.0 Å². The molecule has 7 heteroatoms. The number of amides is 2. The van der Waals surface area contributed by atoms with E-state index in [0.29, 0.717) is 25.1 Å². The summed E-state index contributed by atoms with van der Waals surface area (Å²) >= 11 is 0. The third kappa shape index (κ3) is 5.21. The first kappa shape index (κ1) is 19.8. The summed E-state index contributed by atoms with van der Waals surface area (Å²) in [5, 5.41) is 2.85. The lowest BCUT2D eigenvalue weighted by molar-refractivity contribution is -0.125. The van der Waals surface area contributed by atoms with E-state index in [9.17, 15) is 14.4 Å². The summed E-state index contributed by atoms with van der Waals surface area (Å²) in [6, 6.07) is 6.30. The van der Waals surface area contributed by atoms with Crippen molar-refractivity contribution >= 4 is 18.0 Å². The maximum absolute atomic E-state index is 12.5. The van der Waals surface area contributed by atoms with Gasteiger partial charge in [-0.1, -0.05) is 12.1 Å². The molecular weight excluding hydrogens is 336 g/mol. The first-order valence-corrected chi connectivity index (χ1v) is 8.66. The zero-order chi connectivity index (χ0) is 19.3. The Labute approximate surface area is 153 Å². The van der Waals surface area contributed by atoms with E-state index in [1.54, 1.807) is 45.0 Å². The molecule has 0 aromatic heterocycles. The van der Waals surface area contributed by atoms with Crippen molar-refractivity contribution in [1.29, 1.82) is 0 Å². The van der Waals surface area contributed by atoms with Crippen LogP contribution >= 0.6 is 0 Å². The third-order valence-corrected chi connectivity index (χ3v) is 4.03. The molecule has 1 aliphatic rings. The molecule has 142 valence electrons. The Hall–Kier alpha value is -2.57. The molecule has 26 heavy (non-hydrogen) atoms. The number of esters is 1.